The average molecular weight is 342 g/mol. The van der Waals surface area contributed by atoms with Crippen LogP contribution >= 0.6 is 11.3 Å². The predicted octanol–water partition coefficient (Wildman–Crippen LogP) is 3.03. The molecule has 0 radical (unpaired) electrons. The van der Waals surface area contributed by atoms with E-state index in [1.165, 1.54) is 11.3 Å². The summed E-state index contributed by atoms with van der Waals surface area (Å²) in [5, 5.41) is 11.9. The van der Waals surface area contributed by atoms with E-state index >= 15 is 0 Å². The van der Waals surface area contributed by atoms with Crippen LogP contribution in [-0.2, 0) is 16.9 Å². The second kappa shape index (κ2) is 5.51. The first kappa shape index (κ1) is 15.5. The number of hydrogen-bond acceptors (Lipinski definition) is 5. The summed E-state index contributed by atoms with van der Waals surface area (Å²) in [7, 11) is 0. The predicted molar refractivity (Wildman–Crippen MR) is 94.1 cm³/mol. The molecule has 0 bridgehead atoms. The fourth-order valence-corrected chi connectivity index (χ4v) is 4.26. The number of H-pyrrole nitrogens is 1. The highest BCUT2D eigenvalue weighted by Crippen LogP contribution is 2.40. The van der Waals surface area contributed by atoms with Gasteiger partial charge in [0.1, 0.15) is 10.3 Å². The average Bonchev–Trinajstić information content (AvgIpc) is 3.03. The number of aliphatic hydroxyl groups is 1. The molecule has 1 aliphatic heterocycles. The monoisotopic (exact) mass is 342 g/mol. The Labute approximate surface area is 143 Å². The summed E-state index contributed by atoms with van der Waals surface area (Å²) >= 11 is 1.45. The van der Waals surface area contributed by atoms with Crippen molar-refractivity contribution in [3.05, 3.63) is 52.2 Å². The molecule has 1 unspecified atom stereocenters. The number of fused-ring (bicyclic) bond motifs is 3. The number of aromatic amines is 1. The summed E-state index contributed by atoms with van der Waals surface area (Å²) in [6.07, 6.45) is 3.47. The zero-order valence-electron chi connectivity index (χ0n) is 13.5. The fraction of sp³-hybridized carbons (Fsp3) is 0.333. The SMILES string of the molecule is CC(C)C1(O)COCc2c1[nH]c(=O)c1sc(-c3ccncc3)cc21. The molecule has 6 heteroatoms. The summed E-state index contributed by atoms with van der Waals surface area (Å²) in [5.41, 5.74) is 1.17. The van der Waals surface area contributed by atoms with E-state index in [0.29, 0.717) is 17.0 Å². The molecule has 5 nitrogen and oxygen atoms in total. The molecule has 3 aromatic rings. The van der Waals surface area contributed by atoms with Crippen LogP contribution in [0.3, 0.4) is 0 Å². The maximum atomic E-state index is 12.6. The zero-order valence-corrected chi connectivity index (χ0v) is 14.3. The number of aromatic nitrogens is 2. The molecule has 0 aromatic carbocycles. The van der Waals surface area contributed by atoms with Crippen LogP contribution in [-0.4, -0.2) is 21.7 Å². The third-order valence-corrected chi connectivity index (χ3v) is 5.91. The molecule has 0 fully saturated rings. The zero-order chi connectivity index (χ0) is 16.9. The van der Waals surface area contributed by atoms with Crippen LogP contribution in [0.5, 0.6) is 0 Å². The highest BCUT2D eigenvalue weighted by molar-refractivity contribution is 7.22. The minimum Gasteiger partial charge on any atom is -0.381 e. The van der Waals surface area contributed by atoms with Crippen molar-refractivity contribution in [2.24, 2.45) is 5.92 Å². The van der Waals surface area contributed by atoms with Crippen LogP contribution in [0.25, 0.3) is 20.5 Å². The van der Waals surface area contributed by atoms with Gasteiger partial charge in [0.25, 0.3) is 5.56 Å². The van der Waals surface area contributed by atoms with Crippen LogP contribution in [0.2, 0.25) is 0 Å². The lowest BCUT2D eigenvalue weighted by Gasteiger charge is -2.37. The van der Waals surface area contributed by atoms with E-state index in [2.05, 4.69) is 9.97 Å². The number of ether oxygens (including phenoxy) is 1. The van der Waals surface area contributed by atoms with E-state index in [1.54, 1.807) is 12.4 Å². The number of thiophene rings is 1. The van der Waals surface area contributed by atoms with E-state index in [-0.39, 0.29) is 18.1 Å². The molecule has 0 saturated heterocycles. The van der Waals surface area contributed by atoms with Crippen LogP contribution in [0, 0.1) is 5.92 Å². The third-order valence-electron chi connectivity index (χ3n) is 4.73. The normalized spacial score (nSPS) is 20.5. The van der Waals surface area contributed by atoms with Crippen molar-refractivity contribution in [3.8, 4) is 10.4 Å². The maximum absolute atomic E-state index is 12.6. The summed E-state index contributed by atoms with van der Waals surface area (Å²) in [6, 6.07) is 5.86. The van der Waals surface area contributed by atoms with Crippen LogP contribution in [0.15, 0.2) is 35.4 Å². The molecule has 1 aliphatic rings. The molecule has 124 valence electrons. The van der Waals surface area contributed by atoms with Gasteiger partial charge in [-0.25, -0.2) is 0 Å². The number of nitrogens with one attached hydrogen (secondary N) is 1. The second-order valence-corrected chi connectivity index (χ2v) is 7.52. The van der Waals surface area contributed by atoms with Gasteiger partial charge in [0.15, 0.2) is 0 Å². The van der Waals surface area contributed by atoms with Gasteiger partial charge in [-0.15, -0.1) is 11.3 Å². The van der Waals surface area contributed by atoms with Crippen molar-refractivity contribution in [3.63, 3.8) is 0 Å². The third kappa shape index (κ3) is 2.22. The van der Waals surface area contributed by atoms with Gasteiger partial charge in [-0.05, 0) is 29.7 Å². The van der Waals surface area contributed by atoms with Gasteiger partial charge in [0.05, 0.1) is 18.9 Å². The van der Waals surface area contributed by atoms with Gasteiger partial charge in [0, 0.05) is 28.2 Å². The van der Waals surface area contributed by atoms with Gasteiger partial charge in [0.2, 0.25) is 0 Å². The maximum Gasteiger partial charge on any atom is 0.266 e. The quantitative estimate of drug-likeness (QED) is 0.751. The highest BCUT2D eigenvalue weighted by atomic mass is 32.1. The molecule has 2 N–H and O–H groups in total. The Balaban J connectivity index is 1.99. The highest BCUT2D eigenvalue weighted by Gasteiger charge is 2.40. The first-order valence-electron chi connectivity index (χ1n) is 7.90. The van der Waals surface area contributed by atoms with Gasteiger partial charge >= 0.3 is 0 Å². The van der Waals surface area contributed by atoms with Crippen LogP contribution in [0.4, 0.5) is 0 Å². The smallest absolute Gasteiger partial charge is 0.266 e. The molecule has 3 aromatic heterocycles. The van der Waals surface area contributed by atoms with Gasteiger partial charge < -0.3 is 14.8 Å². The summed E-state index contributed by atoms with van der Waals surface area (Å²) in [4.78, 5) is 20.6. The Morgan fingerprint density at radius 3 is 2.83 bits per heavy atom. The van der Waals surface area contributed by atoms with Crippen LogP contribution in [0.1, 0.15) is 25.1 Å². The van der Waals surface area contributed by atoms with E-state index in [4.69, 9.17) is 4.74 Å². The molecule has 24 heavy (non-hydrogen) atoms. The largest absolute Gasteiger partial charge is 0.381 e. The van der Waals surface area contributed by atoms with E-state index < -0.39 is 5.60 Å². The summed E-state index contributed by atoms with van der Waals surface area (Å²) in [5.74, 6) is -0.0667. The van der Waals surface area contributed by atoms with Crippen molar-refractivity contribution >= 4 is 21.4 Å². The molecular formula is C18H18N2O3S. The van der Waals surface area contributed by atoms with Gasteiger partial charge in [-0.2, -0.15) is 0 Å². The molecule has 0 saturated carbocycles. The number of nitrogens with zero attached hydrogens (tertiary/aromatic N) is 1. The van der Waals surface area contributed by atoms with Crippen molar-refractivity contribution in [2.75, 3.05) is 6.61 Å². The molecule has 4 heterocycles. The summed E-state index contributed by atoms with van der Waals surface area (Å²) in [6.45, 7) is 4.44. The molecular weight excluding hydrogens is 324 g/mol. The minimum absolute atomic E-state index is 0.0667. The number of rotatable bonds is 2. The Bertz CT molecular complexity index is 962. The van der Waals surface area contributed by atoms with Crippen LogP contribution < -0.4 is 5.56 Å². The van der Waals surface area contributed by atoms with Crippen molar-refractivity contribution in [1.29, 1.82) is 0 Å². The Kier molecular flexibility index (Phi) is 3.56. The lowest BCUT2D eigenvalue weighted by atomic mass is 9.83. The standard InChI is InChI=1S/C18H18N2O3S/c1-10(2)18(22)9-23-8-13-12-7-14(11-3-5-19-6-4-11)24-15(12)17(21)20-16(13)18/h3-7,10,22H,8-9H2,1-2H3,(H,20,21). The number of pyridine rings is 2. The lowest BCUT2D eigenvalue weighted by molar-refractivity contribution is -0.104. The van der Waals surface area contributed by atoms with Gasteiger partial charge in [-0.1, -0.05) is 13.8 Å². The first-order chi connectivity index (χ1) is 11.5. The van der Waals surface area contributed by atoms with E-state index in [0.717, 1.165) is 21.4 Å². The molecule has 0 amide bonds. The first-order valence-corrected chi connectivity index (χ1v) is 8.72. The molecule has 4 rings (SSSR count). The van der Waals surface area contributed by atoms with E-state index in [9.17, 15) is 9.90 Å². The minimum atomic E-state index is -1.17. The van der Waals surface area contributed by atoms with E-state index in [1.807, 2.05) is 32.0 Å². The second-order valence-electron chi connectivity index (χ2n) is 6.47. The fourth-order valence-electron chi connectivity index (χ4n) is 3.18. The molecule has 0 aliphatic carbocycles. The Morgan fingerprint density at radius 2 is 2.12 bits per heavy atom. The lowest BCUT2D eigenvalue weighted by Crippen LogP contribution is -2.43. The van der Waals surface area contributed by atoms with Gasteiger partial charge in [-0.3, -0.25) is 9.78 Å². The summed E-state index contributed by atoms with van der Waals surface area (Å²) < 4.78 is 6.32. The number of hydrogen-bond donors (Lipinski definition) is 2. The van der Waals surface area contributed by atoms with Crippen molar-refractivity contribution in [1.82, 2.24) is 9.97 Å². The Hall–Kier alpha value is -2.02. The van der Waals surface area contributed by atoms with Crippen molar-refractivity contribution < 1.29 is 9.84 Å². The molecule has 0 spiro atoms. The van der Waals surface area contributed by atoms with Crippen molar-refractivity contribution in [2.45, 2.75) is 26.1 Å². The Morgan fingerprint density at radius 1 is 1.38 bits per heavy atom. The topological polar surface area (TPSA) is 75.2 Å². The molecule has 1 atom stereocenters.